The lowest BCUT2D eigenvalue weighted by molar-refractivity contribution is 0.0951. The number of ether oxygens (including phenoxy) is 1. The Morgan fingerprint density at radius 2 is 1.67 bits per heavy atom. The van der Waals surface area contributed by atoms with Crippen molar-refractivity contribution >= 4 is 5.91 Å². The number of amides is 1. The Kier molecular flexibility index (Phi) is 5.80. The summed E-state index contributed by atoms with van der Waals surface area (Å²) in [6.45, 7) is 0.391. The van der Waals surface area contributed by atoms with Gasteiger partial charge in [0.25, 0.3) is 5.91 Å². The second kappa shape index (κ2) is 9.01. The first-order chi connectivity index (χ1) is 14.7. The van der Waals surface area contributed by atoms with E-state index in [1.165, 1.54) is 0 Å². The van der Waals surface area contributed by atoms with Gasteiger partial charge >= 0.3 is 0 Å². The van der Waals surface area contributed by atoms with Gasteiger partial charge in [-0.05, 0) is 59.2 Å². The number of methoxy groups -OCH3 is 1. The molecule has 0 aliphatic rings. The van der Waals surface area contributed by atoms with Gasteiger partial charge in [0.2, 0.25) is 0 Å². The quantitative estimate of drug-likeness (QED) is 0.512. The normalized spacial score (nSPS) is 10.4. The smallest absolute Gasteiger partial charge is 0.251 e. The molecule has 2 heterocycles. The fraction of sp³-hybridized carbons (Fsp3) is 0.0800. The molecule has 4 rings (SSSR count). The lowest BCUT2D eigenvalue weighted by Crippen LogP contribution is -2.23. The molecule has 0 unspecified atom stereocenters. The largest absolute Gasteiger partial charge is 0.497 e. The van der Waals surface area contributed by atoms with E-state index in [9.17, 15) is 4.79 Å². The molecule has 0 atom stereocenters. The summed E-state index contributed by atoms with van der Waals surface area (Å²) in [5.74, 6) is 0.674. The van der Waals surface area contributed by atoms with Crippen LogP contribution < -0.4 is 10.1 Å². The monoisotopic (exact) mass is 395 g/mol. The highest BCUT2D eigenvalue weighted by molar-refractivity contribution is 5.94. The van der Waals surface area contributed by atoms with Gasteiger partial charge in [-0.3, -0.25) is 14.8 Å². The molecule has 0 saturated heterocycles. The first-order valence-electron chi connectivity index (χ1n) is 9.61. The number of pyridine rings is 2. The van der Waals surface area contributed by atoms with E-state index in [4.69, 9.17) is 4.74 Å². The van der Waals surface area contributed by atoms with Crippen LogP contribution in [0.4, 0.5) is 0 Å². The number of benzene rings is 2. The van der Waals surface area contributed by atoms with Gasteiger partial charge in [0.15, 0.2) is 0 Å². The SMILES string of the molecule is COc1cccc(-c2ccc(C(=O)NCc3cccnc3-c3ccncc3)cc2)c1. The van der Waals surface area contributed by atoms with Crippen LogP contribution in [0.25, 0.3) is 22.4 Å². The summed E-state index contributed by atoms with van der Waals surface area (Å²) < 4.78 is 5.28. The predicted octanol–water partition coefficient (Wildman–Crippen LogP) is 4.75. The molecule has 1 amide bonds. The van der Waals surface area contributed by atoms with E-state index in [0.717, 1.165) is 33.7 Å². The molecular weight excluding hydrogens is 374 g/mol. The lowest BCUT2D eigenvalue weighted by atomic mass is 10.0. The van der Waals surface area contributed by atoms with Crippen molar-refractivity contribution in [3.05, 3.63) is 103 Å². The van der Waals surface area contributed by atoms with E-state index in [-0.39, 0.29) is 5.91 Å². The number of carbonyl (C=O) groups is 1. The van der Waals surface area contributed by atoms with Crippen LogP contribution >= 0.6 is 0 Å². The van der Waals surface area contributed by atoms with Crippen molar-refractivity contribution in [1.29, 1.82) is 0 Å². The van der Waals surface area contributed by atoms with Gasteiger partial charge < -0.3 is 10.1 Å². The minimum absolute atomic E-state index is 0.128. The predicted molar refractivity (Wildman–Crippen MR) is 117 cm³/mol. The van der Waals surface area contributed by atoms with E-state index in [2.05, 4.69) is 15.3 Å². The summed E-state index contributed by atoms with van der Waals surface area (Å²) in [5.41, 5.74) is 5.43. The van der Waals surface area contributed by atoms with Gasteiger partial charge in [-0.2, -0.15) is 0 Å². The van der Waals surface area contributed by atoms with Crippen molar-refractivity contribution in [2.75, 3.05) is 7.11 Å². The second-order valence-corrected chi connectivity index (χ2v) is 6.74. The van der Waals surface area contributed by atoms with Crippen LogP contribution in [0.15, 0.2) is 91.4 Å². The molecule has 0 fully saturated rings. The number of nitrogens with zero attached hydrogens (tertiary/aromatic N) is 2. The number of aromatic nitrogens is 2. The van der Waals surface area contributed by atoms with Crippen LogP contribution in [0.3, 0.4) is 0 Å². The number of carbonyl (C=O) groups excluding carboxylic acids is 1. The number of hydrogen-bond donors (Lipinski definition) is 1. The molecule has 1 N–H and O–H groups in total. The standard InChI is InChI=1S/C25H21N3O2/c1-30-23-6-2-4-21(16-23)18-7-9-20(10-8-18)25(29)28-17-22-5-3-13-27-24(22)19-11-14-26-15-12-19/h2-16H,17H2,1H3,(H,28,29). The van der Waals surface area contributed by atoms with Gasteiger partial charge in [-0.25, -0.2) is 0 Å². The van der Waals surface area contributed by atoms with E-state index in [1.54, 1.807) is 25.7 Å². The van der Waals surface area contributed by atoms with E-state index >= 15 is 0 Å². The number of nitrogens with one attached hydrogen (secondary N) is 1. The van der Waals surface area contributed by atoms with E-state index in [0.29, 0.717) is 12.1 Å². The summed E-state index contributed by atoms with van der Waals surface area (Å²) in [6, 6.07) is 23.0. The van der Waals surface area contributed by atoms with E-state index in [1.807, 2.05) is 72.8 Å². The number of rotatable bonds is 6. The maximum atomic E-state index is 12.7. The van der Waals surface area contributed by atoms with Crippen molar-refractivity contribution in [2.24, 2.45) is 0 Å². The highest BCUT2D eigenvalue weighted by Gasteiger charge is 2.10. The van der Waals surface area contributed by atoms with Crippen molar-refractivity contribution in [1.82, 2.24) is 15.3 Å². The Morgan fingerprint density at radius 3 is 2.43 bits per heavy atom. The Balaban J connectivity index is 1.46. The van der Waals surface area contributed by atoms with Gasteiger partial charge in [0.05, 0.1) is 12.8 Å². The average molecular weight is 395 g/mol. The Bertz CT molecular complexity index is 1140. The van der Waals surface area contributed by atoms with Crippen molar-refractivity contribution in [3.8, 4) is 28.1 Å². The van der Waals surface area contributed by atoms with E-state index < -0.39 is 0 Å². The lowest BCUT2D eigenvalue weighted by Gasteiger charge is -2.10. The molecule has 5 nitrogen and oxygen atoms in total. The molecule has 0 saturated carbocycles. The highest BCUT2D eigenvalue weighted by atomic mass is 16.5. The summed E-state index contributed by atoms with van der Waals surface area (Å²) in [7, 11) is 1.65. The molecule has 5 heteroatoms. The Morgan fingerprint density at radius 1 is 0.867 bits per heavy atom. The molecule has 0 aliphatic carbocycles. The van der Waals surface area contributed by atoms with Crippen molar-refractivity contribution < 1.29 is 9.53 Å². The Labute approximate surface area is 175 Å². The van der Waals surface area contributed by atoms with Crippen molar-refractivity contribution in [2.45, 2.75) is 6.54 Å². The van der Waals surface area contributed by atoms with Crippen LogP contribution in [-0.2, 0) is 6.54 Å². The highest BCUT2D eigenvalue weighted by Crippen LogP contribution is 2.24. The molecular formula is C25H21N3O2. The maximum Gasteiger partial charge on any atom is 0.251 e. The van der Waals surface area contributed by atoms with Gasteiger partial charge in [0, 0.05) is 36.3 Å². The minimum Gasteiger partial charge on any atom is -0.497 e. The molecule has 148 valence electrons. The van der Waals surface area contributed by atoms with Crippen molar-refractivity contribution in [3.63, 3.8) is 0 Å². The molecule has 30 heavy (non-hydrogen) atoms. The summed E-state index contributed by atoms with van der Waals surface area (Å²) in [6.07, 6.45) is 5.21. The van der Waals surface area contributed by atoms with Crippen LogP contribution in [0, 0.1) is 0 Å². The van der Waals surface area contributed by atoms with Crippen LogP contribution in [0.5, 0.6) is 5.75 Å². The van der Waals surface area contributed by atoms with Crippen LogP contribution in [0.2, 0.25) is 0 Å². The zero-order valence-electron chi connectivity index (χ0n) is 16.6. The molecule has 0 bridgehead atoms. The molecule has 0 spiro atoms. The first-order valence-corrected chi connectivity index (χ1v) is 9.61. The van der Waals surface area contributed by atoms with Gasteiger partial charge in [-0.15, -0.1) is 0 Å². The average Bonchev–Trinajstić information content (AvgIpc) is 2.83. The fourth-order valence-electron chi connectivity index (χ4n) is 3.25. The summed E-state index contributed by atoms with van der Waals surface area (Å²) in [4.78, 5) is 21.2. The van der Waals surface area contributed by atoms with Crippen LogP contribution in [0.1, 0.15) is 15.9 Å². The number of hydrogen-bond acceptors (Lipinski definition) is 4. The zero-order chi connectivity index (χ0) is 20.8. The van der Waals surface area contributed by atoms with Gasteiger partial charge in [-0.1, -0.05) is 30.3 Å². The third kappa shape index (κ3) is 4.36. The minimum atomic E-state index is -0.128. The molecule has 4 aromatic rings. The third-order valence-corrected chi connectivity index (χ3v) is 4.83. The summed E-state index contributed by atoms with van der Waals surface area (Å²) >= 11 is 0. The van der Waals surface area contributed by atoms with Gasteiger partial charge in [0.1, 0.15) is 5.75 Å². The maximum absolute atomic E-state index is 12.7. The topological polar surface area (TPSA) is 64.1 Å². The molecule has 0 aliphatic heterocycles. The molecule has 2 aromatic heterocycles. The van der Waals surface area contributed by atoms with Crippen LogP contribution in [-0.4, -0.2) is 23.0 Å². The summed E-state index contributed by atoms with van der Waals surface area (Å²) in [5, 5.41) is 2.99. The fourth-order valence-corrected chi connectivity index (χ4v) is 3.25. The molecule has 2 aromatic carbocycles. The second-order valence-electron chi connectivity index (χ2n) is 6.74. The Hall–Kier alpha value is -3.99. The molecule has 0 radical (unpaired) electrons. The first kappa shape index (κ1) is 19.3. The zero-order valence-corrected chi connectivity index (χ0v) is 16.6. The third-order valence-electron chi connectivity index (χ3n) is 4.83.